The highest BCUT2D eigenvalue weighted by Crippen LogP contribution is 2.39. The van der Waals surface area contributed by atoms with Crippen LogP contribution in [0.1, 0.15) is 35.2 Å². The summed E-state index contributed by atoms with van der Waals surface area (Å²) in [6.45, 7) is 2.05. The van der Waals surface area contributed by atoms with E-state index in [-0.39, 0.29) is 24.4 Å². The highest BCUT2D eigenvalue weighted by Gasteiger charge is 2.29. The SMILES string of the molecule is CC(=O)c1cc2c(cc1NC(=O)[C@@H]1CCOc3ccccc31)OCO2. The highest BCUT2D eigenvalue weighted by atomic mass is 16.7. The van der Waals surface area contributed by atoms with Crippen LogP contribution in [0.4, 0.5) is 5.69 Å². The van der Waals surface area contributed by atoms with Gasteiger partial charge in [0.2, 0.25) is 12.7 Å². The predicted molar refractivity (Wildman–Crippen MR) is 90.5 cm³/mol. The number of anilines is 1. The molecule has 2 aromatic carbocycles. The van der Waals surface area contributed by atoms with E-state index in [2.05, 4.69) is 5.32 Å². The molecule has 2 aromatic rings. The third-order valence-corrected chi connectivity index (χ3v) is 4.42. The van der Waals surface area contributed by atoms with Crippen molar-refractivity contribution in [2.24, 2.45) is 0 Å². The van der Waals surface area contributed by atoms with E-state index in [4.69, 9.17) is 14.2 Å². The zero-order valence-corrected chi connectivity index (χ0v) is 13.7. The van der Waals surface area contributed by atoms with E-state index in [1.54, 1.807) is 12.1 Å². The van der Waals surface area contributed by atoms with Crippen LogP contribution in [0.3, 0.4) is 0 Å². The lowest BCUT2D eigenvalue weighted by Gasteiger charge is -2.25. The Kier molecular flexibility index (Phi) is 3.80. The predicted octanol–water partition coefficient (Wildman–Crippen LogP) is 3.12. The summed E-state index contributed by atoms with van der Waals surface area (Å²) in [5.41, 5.74) is 1.69. The molecule has 1 amide bonds. The number of rotatable bonds is 3. The molecule has 1 atom stereocenters. The molecule has 0 bridgehead atoms. The van der Waals surface area contributed by atoms with Crippen molar-refractivity contribution in [1.82, 2.24) is 0 Å². The number of nitrogens with one attached hydrogen (secondary N) is 1. The van der Waals surface area contributed by atoms with Gasteiger partial charge in [0.25, 0.3) is 0 Å². The normalized spacial score (nSPS) is 17.4. The molecule has 0 unspecified atom stereocenters. The molecule has 25 heavy (non-hydrogen) atoms. The lowest BCUT2D eigenvalue weighted by atomic mass is 9.92. The van der Waals surface area contributed by atoms with E-state index in [1.165, 1.54) is 6.92 Å². The molecule has 0 spiro atoms. The first-order valence-electron chi connectivity index (χ1n) is 8.10. The molecule has 0 fully saturated rings. The number of hydrogen-bond acceptors (Lipinski definition) is 5. The lowest BCUT2D eigenvalue weighted by molar-refractivity contribution is -0.118. The topological polar surface area (TPSA) is 73.9 Å². The summed E-state index contributed by atoms with van der Waals surface area (Å²) < 4.78 is 16.3. The molecule has 2 aliphatic rings. The number of carbonyl (C=O) groups excluding carboxylic acids is 2. The van der Waals surface area contributed by atoms with Gasteiger partial charge in [0, 0.05) is 17.2 Å². The van der Waals surface area contributed by atoms with E-state index >= 15 is 0 Å². The maximum atomic E-state index is 12.9. The molecule has 0 saturated carbocycles. The van der Waals surface area contributed by atoms with Crippen LogP contribution in [0.25, 0.3) is 0 Å². The van der Waals surface area contributed by atoms with Crippen LogP contribution in [-0.2, 0) is 4.79 Å². The molecule has 1 N–H and O–H groups in total. The van der Waals surface area contributed by atoms with Gasteiger partial charge in [0.05, 0.1) is 18.2 Å². The molecular formula is C19H17NO5. The van der Waals surface area contributed by atoms with Crippen LogP contribution < -0.4 is 19.5 Å². The zero-order valence-electron chi connectivity index (χ0n) is 13.7. The number of fused-ring (bicyclic) bond motifs is 2. The van der Waals surface area contributed by atoms with Crippen LogP contribution in [0.2, 0.25) is 0 Å². The van der Waals surface area contributed by atoms with Crippen molar-refractivity contribution in [3.8, 4) is 17.2 Å². The highest BCUT2D eigenvalue weighted by molar-refractivity contribution is 6.06. The molecular weight excluding hydrogens is 322 g/mol. The Bertz CT molecular complexity index is 861. The first-order chi connectivity index (χ1) is 12.1. The first kappa shape index (κ1) is 15.5. The van der Waals surface area contributed by atoms with Crippen molar-refractivity contribution in [1.29, 1.82) is 0 Å². The average molecular weight is 339 g/mol. The van der Waals surface area contributed by atoms with Crippen molar-refractivity contribution in [2.45, 2.75) is 19.3 Å². The van der Waals surface area contributed by atoms with Gasteiger partial charge >= 0.3 is 0 Å². The number of para-hydroxylation sites is 1. The Morgan fingerprint density at radius 1 is 1.04 bits per heavy atom. The fraction of sp³-hybridized carbons (Fsp3) is 0.263. The number of hydrogen-bond donors (Lipinski definition) is 1. The fourth-order valence-corrected chi connectivity index (χ4v) is 3.17. The van der Waals surface area contributed by atoms with Gasteiger partial charge in [-0.3, -0.25) is 9.59 Å². The van der Waals surface area contributed by atoms with Crippen LogP contribution in [0.15, 0.2) is 36.4 Å². The quantitative estimate of drug-likeness (QED) is 0.870. The minimum absolute atomic E-state index is 0.109. The van der Waals surface area contributed by atoms with Gasteiger partial charge in [-0.15, -0.1) is 0 Å². The first-order valence-corrected chi connectivity index (χ1v) is 8.10. The summed E-state index contributed by atoms with van der Waals surface area (Å²) in [5.74, 6) is 1.12. The van der Waals surface area contributed by atoms with Crippen molar-refractivity contribution >= 4 is 17.4 Å². The molecule has 128 valence electrons. The number of Topliss-reactive ketones (excluding diaryl/α,β-unsaturated/α-hetero) is 1. The second kappa shape index (κ2) is 6.12. The van der Waals surface area contributed by atoms with Crippen molar-refractivity contribution in [3.63, 3.8) is 0 Å². The maximum Gasteiger partial charge on any atom is 0.232 e. The van der Waals surface area contributed by atoms with Crippen molar-refractivity contribution in [3.05, 3.63) is 47.5 Å². The van der Waals surface area contributed by atoms with Crippen molar-refractivity contribution < 1.29 is 23.8 Å². The van der Waals surface area contributed by atoms with E-state index in [9.17, 15) is 9.59 Å². The Morgan fingerprint density at radius 2 is 1.80 bits per heavy atom. The van der Waals surface area contributed by atoms with E-state index in [0.29, 0.717) is 35.8 Å². The smallest absolute Gasteiger partial charge is 0.232 e. The standard InChI is InChI=1S/C19H17NO5/c1-11(21)14-8-17-18(25-10-24-17)9-15(14)20-19(22)13-6-7-23-16-5-3-2-4-12(13)16/h2-5,8-9,13H,6-7,10H2,1H3,(H,20,22)/t13-/m1/s1. The summed E-state index contributed by atoms with van der Waals surface area (Å²) >= 11 is 0. The minimum atomic E-state index is -0.324. The Labute approximate surface area is 144 Å². The van der Waals surface area contributed by atoms with Crippen LogP contribution >= 0.6 is 0 Å². The Morgan fingerprint density at radius 3 is 2.60 bits per heavy atom. The summed E-state index contributed by atoms with van der Waals surface area (Å²) in [5, 5.41) is 2.88. The Balaban J connectivity index is 1.65. The number of carbonyl (C=O) groups is 2. The largest absolute Gasteiger partial charge is 0.493 e. The van der Waals surface area contributed by atoms with Crippen LogP contribution in [0.5, 0.6) is 17.2 Å². The monoisotopic (exact) mass is 339 g/mol. The average Bonchev–Trinajstić information content (AvgIpc) is 3.07. The van der Waals surface area contributed by atoms with E-state index in [1.807, 2.05) is 24.3 Å². The van der Waals surface area contributed by atoms with Gasteiger partial charge in [-0.05, 0) is 25.5 Å². The number of ether oxygens (including phenoxy) is 3. The van der Waals surface area contributed by atoms with Crippen molar-refractivity contribution in [2.75, 3.05) is 18.7 Å². The molecule has 6 nitrogen and oxygen atoms in total. The van der Waals surface area contributed by atoms with Gasteiger partial charge in [0.1, 0.15) is 5.75 Å². The summed E-state index contributed by atoms with van der Waals surface area (Å²) in [7, 11) is 0. The molecule has 0 aliphatic carbocycles. The minimum Gasteiger partial charge on any atom is -0.493 e. The van der Waals surface area contributed by atoms with E-state index in [0.717, 1.165) is 11.3 Å². The van der Waals surface area contributed by atoms with Gasteiger partial charge in [-0.25, -0.2) is 0 Å². The molecule has 2 heterocycles. The van der Waals surface area contributed by atoms with Gasteiger partial charge in [-0.1, -0.05) is 18.2 Å². The number of ketones is 1. The maximum absolute atomic E-state index is 12.9. The van der Waals surface area contributed by atoms with Gasteiger partial charge in [0.15, 0.2) is 17.3 Å². The zero-order chi connectivity index (χ0) is 17.4. The van der Waals surface area contributed by atoms with Crippen LogP contribution in [-0.4, -0.2) is 25.1 Å². The third kappa shape index (κ3) is 2.80. The molecule has 4 rings (SSSR count). The van der Waals surface area contributed by atoms with Gasteiger partial charge < -0.3 is 19.5 Å². The summed E-state index contributed by atoms with van der Waals surface area (Å²) in [4.78, 5) is 24.8. The summed E-state index contributed by atoms with van der Waals surface area (Å²) in [6, 6.07) is 10.8. The van der Waals surface area contributed by atoms with Crippen LogP contribution in [0, 0.1) is 0 Å². The fourth-order valence-electron chi connectivity index (χ4n) is 3.17. The number of benzene rings is 2. The molecule has 0 aromatic heterocycles. The number of amides is 1. The molecule has 6 heteroatoms. The van der Waals surface area contributed by atoms with Gasteiger partial charge in [-0.2, -0.15) is 0 Å². The molecule has 2 aliphatic heterocycles. The Hall–Kier alpha value is -3.02. The molecule has 0 radical (unpaired) electrons. The second-order valence-corrected chi connectivity index (χ2v) is 6.02. The van der Waals surface area contributed by atoms with E-state index < -0.39 is 0 Å². The lowest BCUT2D eigenvalue weighted by Crippen LogP contribution is -2.27. The third-order valence-electron chi connectivity index (χ3n) is 4.42. The second-order valence-electron chi connectivity index (χ2n) is 6.02. The summed E-state index contributed by atoms with van der Waals surface area (Å²) in [6.07, 6.45) is 0.586. The molecule has 0 saturated heterocycles.